The van der Waals surface area contributed by atoms with Crippen LogP contribution in [0.4, 0.5) is 0 Å². The van der Waals surface area contributed by atoms with Gasteiger partial charge in [-0.15, -0.1) is 0 Å². The average Bonchev–Trinajstić information content (AvgIpc) is 2.65. The van der Waals surface area contributed by atoms with Crippen molar-refractivity contribution >= 4 is 5.97 Å². The molecule has 2 rings (SSSR count). The minimum Gasteiger partial charge on any atom is -0.479 e. The van der Waals surface area contributed by atoms with Gasteiger partial charge in [-0.05, 0) is 25.7 Å². The minimum atomic E-state index is -0.778. The number of carboxylic acids is 1. The molecule has 3 heteroatoms. The van der Waals surface area contributed by atoms with Crippen molar-refractivity contribution in [3.63, 3.8) is 0 Å². The van der Waals surface area contributed by atoms with E-state index in [4.69, 9.17) is 9.84 Å². The van der Waals surface area contributed by atoms with Crippen LogP contribution >= 0.6 is 0 Å². The highest BCUT2D eigenvalue weighted by atomic mass is 16.5. The third-order valence-corrected chi connectivity index (χ3v) is 2.01. The van der Waals surface area contributed by atoms with E-state index in [1.165, 1.54) is 0 Å². The Bertz CT molecular complexity index is 168. The molecule has 0 atom stereocenters. The summed E-state index contributed by atoms with van der Waals surface area (Å²) in [5, 5.41) is 8.66. The maximum Gasteiger partial charge on any atom is 0.335 e. The molecule has 0 bridgehead atoms. The number of aliphatic carboxylic acids is 1. The first-order valence-electron chi connectivity index (χ1n) is 3.64. The Kier molecular flexibility index (Phi) is 1.06. The number of hydrogen-bond acceptors (Lipinski definition) is 2. The van der Waals surface area contributed by atoms with Crippen molar-refractivity contribution in [2.75, 3.05) is 0 Å². The topological polar surface area (TPSA) is 46.5 Å². The van der Waals surface area contributed by atoms with Gasteiger partial charge in [-0.2, -0.15) is 0 Å². The summed E-state index contributed by atoms with van der Waals surface area (Å²) in [6.07, 6.45) is 3.78. The van der Waals surface area contributed by atoms with Gasteiger partial charge in [0.15, 0.2) is 5.60 Å². The molecule has 0 aromatic carbocycles. The van der Waals surface area contributed by atoms with Gasteiger partial charge in [-0.1, -0.05) is 0 Å². The molecular weight excluding hydrogens is 132 g/mol. The third-order valence-electron chi connectivity index (χ3n) is 2.01. The molecule has 56 valence electrons. The van der Waals surface area contributed by atoms with Crippen LogP contribution in [0.5, 0.6) is 0 Å². The van der Waals surface area contributed by atoms with E-state index in [2.05, 4.69) is 0 Å². The molecule has 2 aliphatic carbocycles. The Morgan fingerprint density at radius 1 is 1.50 bits per heavy atom. The van der Waals surface area contributed by atoms with Crippen LogP contribution in [0.1, 0.15) is 25.7 Å². The van der Waals surface area contributed by atoms with Crippen LogP contribution in [0, 0.1) is 0 Å². The zero-order valence-electron chi connectivity index (χ0n) is 5.67. The second kappa shape index (κ2) is 1.72. The van der Waals surface area contributed by atoms with Gasteiger partial charge in [-0.25, -0.2) is 4.79 Å². The zero-order valence-corrected chi connectivity index (χ0v) is 5.67. The van der Waals surface area contributed by atoms with Crippen LogP contribution in [-0.2, 0) is 9.53 Å². The molecule has 0 amide bonds. The second-order valence-electron chi connectivity index (χ2n) is 3.12. The Hall–Kier alpha value is -0.570. The molecule has 2 saturated carbocycles. The summed E-state index contributed by atoms with van der Waals surface area (Å²) in [5.41, 5.74) is -0.749. The molecule has 0 aliphatic heterocycles. The lowest BCUT2D eigenvalue weighted by molar-refractivity contribution is -0.154. The van der Waals surface area contributed by atoms with Crippen molar-refractivity contribution in [2.45, 2.75) is 37.4 Å². The molecule has 0 aromatic heterocycles. The van der Waals surface area contributed by atoms with E-state index in [0.717, 1.165) is 12.8 Å². The van der Waals surface area contributed by atoms with E-state index >= 15 is 0 Å². The van der Waals surface area contributed by atoms with Gasteiger partial charge in [0.25, 0.3) is 0 Å². The third kappa shape index (κ3) is 0.904. The molecule has 3 nitrogen and oxygen atoms in total. The van der Waals surface area contributed by atoms with Gasteiger partial charge in [0, 0.05) is 0 Å². The summed E-state index contributed by atoms with van der Waals surface area (Å²) >= 11 is 0. The summed E-state index contributed by atoms with van der Waals surface area (Å²) in [6, 6.07) is 0. The number of carboxylic acid groups (broad SMARTS) is 1. The van der Waals surface area contributed by atoms with E-state index in [9.17, 15) is 4.79 Å². The Morgan fingerprint density at radius 3 is 2.40 bits per heavy atom. The predicted octanol–water partition coefficient (Wildman–Crippen LogP) is 0.783. The standard InChI is InChI=1S/C7H10O3/c8-6(9)7(3-4-7)10-5-1-2-5/h5H,1-4H2,(H,8,9). The minimum absolute atomic E-state index is 0.263. The molecule has 2 aliphatic rings. The fourth-order valence-electron chi connectivity index (χ4n) is 1.00. The fraction of sp³-hybridized carbons (Fsp3) is 0.857. The predicted molar refractivity (Wildman–Crippen MR) is 33.7 cm³/mol. The maximum absolute atomic E-state index is 10.5. The van der Waals surface area contributed by atoms with Crippen LogP contribution in [0.2, 0.25) is 0 Å². The quantitative estimate of drug-likeness (QED) is 0.633. The maximum atomic E-state index is 10.5. The molecule has 0 radical (unpaired) electrons. The van der Waals surface area contributed by atoms with Gasteiger partial charge in [-0.3, -0.25) is 0 Å². The lowest BCUT2D eigenvalue weighted by atomic mass is 10.3. The molecular formula is C7H10O3. The van der Waals surface area contributed by atoms with E-state index in [0.29, 0.717) is 12.8 Å². The summed E-state index contributed by atoms with van der Waals surface area (Å²) in [4.78, 5) is 10.5. The molecule has 0 saturated heterocycles. The van der Waals surface area contributed by atoms with Crippen molar-refractivity contribution < 1.29 is 14.6 Å². The highest BCUT2D eigenvalue weighted by Crippen LogP contribution is 2.44. The van der Waals surface area contributed by atoms with Crippen molar-refractivity contribution in [1.82, 2.24) is 0 Å². The lowest BCUT2D eigenvalue weighted by Gasteiger charge is -2.09. The largest absolute Gasteiger partial charge is 0.479 e. The van der Waals surface area contributed by atoms with Gasteiger partial charge in [0.1, 0.15) is 0 Å². The van der Waals surface area contributed by atoms with E-state index in [-0.39, 0.29) is 6.10 Å². The van der Waals surface area contributed by atoms with E-state index in [1.807, 2.05) is 0 Å². The molecule has 0 aromatic rings. The highest BCUT2D eigenvalue weighted by Gasteiger charge is 2.54. The normalized spacial score (nSPS) is 28.0. The van der Waals surface area contributed by atoms with Crippen molar-refractivity contribution in [3.05, 3.63) is 0 Å². The first-order chi connectivity index (χ1) is 4.73. The number of carbonyl (C=O) groups is 1. The highest BCUT2D eigenvalue weighted by molar-refractivity contribution is 5.80. The first-order valence-corrected chi connectivity index (χ1v) is 3.64. The van der Waals surface area contributed by atoms with Crippen molar-refractivity contribution in [1.29, 1.82) is 0 Å². The Morgan fingerprint density at radius 2 is 2.10 bits per heavy atom. The second-order valence-corrected chi connectivity index (χ2v) is 3.12. The van der Waals surface area contributed by atoms with E-state index in [1.54, 1.807) is 0 Å². The van der Waals surface area contributed by atoms with Crippen LogP contribution in [0.25, 0.3) is 0 Å². The molecule has 10 heavy (non-hydrogen) atoms. The monoisotopic (exact) mass is 142 g/mol. The molecule has 0 unspecified atom stereocenters. The summed E-state index contributed by atoms with van der Waals surface area (Å²) in [6.45, 7) is 0. The van der Waals surface area contributed by atoms with Crippen molar-refractivity contribution in [2.24, 2.45) is 0 Å². The first kappa shape index (κ1) is 6.16. The van der Waals surface area contributed by atoms with Crippen LogP contribution in [0.3, 0.4) is 0 Å². The Labute approximate surface area is 59.0 Å². The molecule has 1 N–H and O–H groups in total. The summed E-state index contributed by atoms with van der Waals surface area (Å²) in [7, 11) is 0. The molecule has 2 fully saturated rings. The molecule has 0 heterocycles. The van der Waals surface area contributed by atoms with Gasteiger partial charge >= 0.3 is 5.97 Å². The fourth-order valence-corrected chi connectivity index (χ4v) is 1.00. The lowest BCUT2D eigenvalue weighted by Crippen LogP contribution is -2.26. The number of ether oxygens (including phenoxy) is 1. The smallest absolute Gasteiger partial charge is 0.335 e. The van der Waals surface area contributed by atoms with E-state index < -0.39 is 11.6 Å². The zero-order chi connectivity index (χ0) is 7.19. The summed E-state index contributed by atoms with van der Waals surface area (Å²) in [5.74, 6) is -0.778. The van der Waals surface area contributed by atoms with Gasteiger partial charge in [0.2, 0.25) is 0 Å². The number of rotatable bonds is 3. The summed E-state index contributed by atoms with van der Waals surface area (Å²) < 4.78 is 5.32. The van der Waals surface area contributed by atoms with Crippen LogP contribution in [-0.4, -0.2) is 22.8 Å². The van der Waals surface area contributed by atoms with Crippen molar-refractivity contribution in [3.8, 4) is 0 Å². The van der Waals surface area contributed by atoms with Gasteiger partial charge in [0.05, 0.1) is 6.10 Å². The Balaban J connectivity index is 1.93. The van der Waals surface area contributed by atoms with Gasteiger partial charge < -0.3 is 9.84 Å². The SMILES string of the molecule is O=C(O)C1(OC2CC2)CC1. The van der Waals surface area contributed by atoms with Crippen LogP contribution in [0.15, 0.2) is 0 Å². The average molecular weight is 142 g/mol. The van der Waals surface area contributed by atoms with Crippen LogP contribution < -0.4 is 0 Å². The number of hydrogen-bond donors (Lipinski definition) is 1. The molecule has 0 spiro atoms.